The molecule has 65 heavy (non-hydrogen) atoms. The number of aromatic hydroxyl groups is 2. The molecule has 0 aromatic heterocycles. The molecular weight excluding hydrogens is 809 g/mol. The molecule has 8 aromatic carbocycles. The molecule has 0 spiro atoms. The van der Waals surface area contributed by atoms with Crippen molar-refractivity contribution in [2.75, 3.05) is 9.80 Å². The zero-order valence-electron chi connectivity index (χ0n) is 34.2. The fourth-order valence-electron chi connectivity index (χ4n) is 9.30. The molecule has 2 heterocycles. The highest BCUT2D eigenvalue weighted by Gasteiger charge is 2.48. The average Bonchev–Trinajstić information content (AvgIpc) is 3.88. The predicted octanol–water partition coefficient (Wildman–Crippen LogP) is 9.86. The second-order valence-corrected chi connectivity index (χ2v) is 15.9. The van der Waals surface area contributed by atoms with Gasteiger partial charge in [0, 0.05) is 22.3 Å². The van der Waals surface area contributed by atoms with Gasteiger partial charge in [0.2, 0.25) is 0 Å². The smallest absolute Gasteiger partial charge is 0.266 e. The third kappa shape index (κ3) is 6.05. The number of fused-ring (bicyclic) bond motifs is 5. The van der Waals surface area contributed by atoms with Crippen molar-refractivity contribution in [1.29, 1.82) is 0 Å². The molecule has 11 rings (SSSR count). The molecule has 8 heteroatoms. The van der Waals surface area contributed by atoms with Crippen LogP contribution < -0.4 is 9.80 Å². The van der Waals surface area contributed by atoms with E-state index in [4.69, 9.17) is 0 Å². The Balaban J connectivity index is 1.04. The first kappa shape index (κ1) is 38.7. The van der Waals surface area contributed by atoms with Crippen LogP contribution in [0, 0.1) is 23.7 Å². The number of carbonyl (C=O) groups excluding carboxylic acids is 4. The van der Waals surface area contributed by atoms with Gasteiger partial charge < -0.3 is 10.2 Å². The van der Waals surface area contributed by atoms with Crippen molar-refractivity contribution in [3.05, 3.63) is 249 Å². The monoisotopic (exact) mass is 840 g/mol. The number of phenols is 2. The van der Waals surface area contributed by atoms with E-state index in [1.54, 1.807) is 60.7 Å². The third-order valence-electron chi connectivity index (χ3n) is 12.3. The Hall–Kier alpha value is -9.24. The van der Waals surface area contributed by atoms with Gasteiger partial charge in [0.05, 0.1) is 39.0 Å². The Morgan fingerprint density at radius 2 is 0.708 bits per heavy atom. The maximum absolute atomic E-state index is 14.3. The van der Waals surface area contributed by atoms with Gasteiger partial charge in [-0.05, 0) is 118 Å². The molecule has 8 aromatic rings. The van der Waals surface area contributed by atoms with Crippen LogP contribution >= 0.6 is 0 Å². The fourth-order valence-corrected chi connectivity index (χ4v) is 9.30. The maximum Gasteiger partial charge on any atom is 0.266 e. The Morgan fingerprint density at radius 1 is 0.338 bits per heavy atom. The lowest BCUT2D eigenvalue weighted by Gasteiger charge is -2.35. The zero-order valence-corrected chi connectivity index (χ0v) is 34.2. The molecule has 0 saturated carbocycles. The molecule has 2 N–H and O–H groups in total. The van der Waals surface area contributed by atoms with Gasteiger partial charge in [-0.3, -0.25) is 19.2 Å². The molecule has 0 saturated heterocycles. The summed E-state index contributed by atoms with van der Waals surface area (Å²) in [4.78, 5) is 59.0. The zero-order chi connectivity index (χ0) is 44.4. The van der Waals surface area contributed by atoms with Crippen LogP contribution in [0.5, 0.6) is 11.5 Å². The lowest BCUT2D eigenvalue weighted by molar-refractivity contribution is 0.0909. The number of nitrogens with zero attached hydrogens (tertiary/aromatic N) is 2. The minimum absolute atomic E-state index is 0.0302. The normalized spacial score (nSPS) is 13.9. The molecule has 3 aliphatic rings. The van der Waals surface area contributed by atoms with E-state index in [-0.39, 0.29) is 45.1 Å². The summed E-state index contributed by atoms with van der Waals surface area (Å²) in [6.07, 6.45) is 0. The molecule has 306 valence electrons. The Bertz CT molecular complexity index is 3280. The van der Waals surface area contributed by atoms with Crippen molar-refractivity contribution >= 4 is 35.0 Å². The lowest BCUT2D eigenvalue weighted by atomic mass is 9.67. The van der Waals surface area contributed by atoms with E-state index in [1.807, 2.05) is 109 Å². The number of phenolic OH excluding ortho intramolecular Hbond substituents is 2. The first-order chi connectivity index (χ1) is 31.7. The molecule has 8 nitrogen and oxygen atoms in total. The van der Waals surface area contributed by atoms with E-state index in [0.717, 1.165) is 43.2 Å². The minimum atomic E-state index is -1.23. The van der Waals surface area contributed by atoms with Gasteiger partial charge in [-0.15, -0.1) is 0 Å². The van der Waals surface area contributed by atoms with Gasteiger partial charge >= 0.3 is 0 Å². The van der Waals surface area contributed by atoms with Crippen molar-refractivity contribution < 1.29 is 29.4 Å². The van der Waals surface area contributed by atoms with E-state index in [2.05, 4.69) is 23.7 Å². The predicted molar refractivity (Wildman–Crippen MR) is 247 cm³/mol. The number of hydrogen-bond donors (Lipinski definition) is 2. The van der Waals surface area contributed by atoms with Gasteiger partial charge in [0.25, 0.3) is 23.6 Å². The first-order valence-electron chi connectivity index (χ1n) is 20.8. The number of imide groups is 2. The molecule has 0 fully saturated rings. The van der Waals surface area contributed by atoms with Crippen molar-refractivity contribution in [3.63, 3.8) is 0 Å². The van der Waals surface area contributed by atoms with Gasteiger partial charge in [0.15, 0.2) is 0 Å². The highest BCUT2D eigenvalue weighted by Crippen LogP contribution is 2.58. The van der Waals surface area contributed by atoms with Crippen molar-refractivity contribution in [3.8, 4) is 46.3 Å². The minimum Gasteiger partial charge on any atom is -0.506 e. The van der Waals surface area contributed by atoms with Crippen molar-refractivity contribution in [1.82, 2.24) is 0 Å². The summed E-state index contributed by atoms with van der Waals surface area (Å²) < 4.78 is 0. The number of carbonyl (C=O) groups is 4. The van der Waals surface area contributed by atoms with Crippen molar-refractivity contribution in [2.24, 2.45) is 0 Å². The van der Waals surface area contributed by atoms with Crippen LogP contribution in [0.15, 0.2) is 182 Å². The molecule has 4 amide bonds. The van der Waals surface area contributed by atoms with Gasteiger partial charge in [-0.25, -0.2) is 9.80 Å². The molecule has 0 bridgehead atoms. The van der Waals surface area contributed by atoms with Gasteiger partial charge in [0.1, 0.15) is 11.5 Å². The molecule has 0 radical (unpaired) electrons. The highest BCUT2D eigenvalue weighted by molar-refractivity contribution is 6.36. The van der Waals surface area contributed by atoms with Crippen LogP contribution in [0.4, 0.5) is 11.4 Å². The summed E-state index contributed by atoms with van der Waals surface area (Å²) in [6, 6.07) is 53.9. The summed E-state index contributed by atoms with van der Waals surface area (Å²) in [7, 11) is 0. The summed E-state index contributed by atoms with van der Waals surface area (Å²) in [6.45, 7) is 0. The fraction of sp³-hybridized carbons (Fsp3) is 0.0175. The Labute approximate surface area is 373 Å². The summed E-state index contributed by atoms with van der Waals surface area (Å²) >= 11 is 0. The summed E-state index contributed by atoms with van der Waals surface area (Å²) in [5, 5.41) is 23.1. The third-order valence-corrected chi connectivity index (χ3v) is 12.3. The SMILES string of the molecule is O=C1c2ccc(C#Cc3ccccc3)cc2C(=O)N1c1cc(C2(c3ccc(O)c(N4C(=O)c5ccc(C#Cc6ccccc6)cc5C4=O)c3)c3ccccc3-c3ccccc32)ccc1O. The van der Waals surface area contributed by atoms with Crippen LogP contribution in [-0.4, -0.2) is 33.8 Å². The van der Waals surface area contributed by atoms with E-state index in [9.17, 15) is 29.4 Å². The standard InChI is InChI=1S/C57H32N2O6/c60-51-29-25-39(33-49(51)58-53(62)43-27-23-37(31-45(43)55(58)64)21-19-35-11-3-1-4-12-35)57(47-17-9-7-15-41(47)42-16-8-10-18-48(42)57)40-26-30-52(61)50(34-40)59-54(63)44-28-24-38(32-46(44)56(59)65)22-20-36-13-5-2-6-14-36/h1-18,23-34,60-61H. The van der Waals surface area contributed by atoms with E-state index in [0.29, 0.717) is 22.3 Å². The van der Waals surface area contributed by atoms with Crippen LogP contribution in [-0.2, 0) is 5.41 Å². The van der Waals surface area contributed by atoms with Crippen LogP contribution in [0.3, 0.4) is 0 Å². The van der Waals surface area contributed by atoms with E-state index in [1.165, 1.54) is 12.1 Å². The number of anilines is 2. The average molecular weight is 841 g/mol. The quantitative estimate of drug-likeness (QED) is 0.135. The molecule has 0 unspecified atom stereocenters. The second-order valence-electron chi connectivity index (χ2n) is 15.9. The number of rotatable bonds is 4. The van der Waals surface area contributed by atoms with Crippen LogP contribution in [0.2, 0.25) is 0 Å². The molecule has 1 aliphatic carbocycles. The number of benzene rings is 8. The van der Waals surface area contributed by atoms with Crippen LogP contribution in [0.25, 0.3) is 11.1 Å². The van der Waals surface area contributed by atoms with E-state index >= 15 is 0 Å². The Kier molecular flexibility index (Phi) is 8.92. The topological polar surface area (TPSA) is 115 Å². The Morgan fingerprint density at radius 3 is 1.14 bits per heavy atom. The molecule has 0 atom stereocenters. The molecule has 2 aliphatic heterocycles. The molecular formula is C57H32N2O6. The van der Waals surface area contributed by atoms with Gasteiger partial charge in [-0.1, -0.05) is 121 Å². The maximum atomic E-state index is 14.3. The van der Waals surface area contributed by atoms with Crippen LogP contribution in [0.1, 0.15) is 85.9 Å². The summed E-state index contributed by atoms with van der Waals surface area (Å²) in [5.41, 5.74) is 6.65. The number of amides is 4. The largest absolute Gasteiger partial charge is 0.506 e. The first-order valence-corrected chi connectivity index (χ1v) is 20.8. The second kappa shape index (κ2) is 15.0. The van der Waals surface area contributed by atoms with E-state index < -0.39 is 29.0 Å². The summed E-state index contributed by atoms with van der Waals surface area (Å²) in [5.74, 6) is 9.31. The lowest BCUT2D eigenvalue weighted by Crippen LogP contribution is -2.33. The number of hydrogen-bond acceptors (Lipinski definition) is 6. The highest BCUT2D eigenvalue weighted by atomic mass is 16.3. The van der Waals surface area contributed by atoms with Crippen molar-refractivity contribution in [2.45, 2.75) is 5.41 Å². The van der Waals surface area contributed by atoms with Gasteiger partial charge in [-0.2, -0.15) is 0 Å².